The van der Waals surface area contributed by atoms with E-state index < -0.39 is 16.9 Å². The van der Waals surface area contributed by atoms with Gasteiger partial charge in [-0.1, -0.05) is 51.1 Å². The zero-order valence-electron chi connectivity index (χ0n) is 17.4. The fraction of sp³-hybridized carbons (Fsp3) is 0.348. The van der Waals surface area contributed by atoms with Crippen molar-refractivity contribution in [3.63, 3.8) is 0 Å². The number of hydrogen-bond acceptors (Lipinski definition) is 5. The van der Waals surface area contributed by atoms with Gasteiger partial charge in [0.2, 0.25) is 0 Å². The molecule has 0 aliphatic rings. The molecule has 3 rings (SSSR count). The van der Waals surface area contributed by atoms with Gasteiger partial charge < -0.3 is 10.2 Å². The first kappa shape index (κ1) is 21.9. The van der Waals surface area contributed by atoms with Crippen molar-refractivity contribution in [1.82, 2.24) is 15.0 Å². The lowest BCUT2D eigenvalue weighted by Gasteiger charge is -2.40. The van der Waals surface area contributed by atoms with Crippen molar-refractivity contribution in [3.8, 4) is 11.1 Å². The Morgan fingerprint density at radius 1 is 0.867 bits per heavy atom. The zero-order chi connectivity index (χ0) is 22.2. The maximum absolute atomic E-state index is 13.4. The first-order valence-electron chi connectivity index (χ1n) is 9.56. The van der Waals surface area contributed by atoms with Crippen LogP contribution < -0.4 is 0 Å². The van der Waals surface area contributed by atoms with E-state index in [2.05, 4.69) is 15.0 Å². The maximum atomic E-state index is 13.4. The summed E-state index contributed by atoms with van der Waals surface area (Å²) in [6, 6.07) is 9.49. The Morgan fingerprint density at radius 3 is 2.00 bits per heavy atom. The summed E-state index contributed by atoms with van der Waals surface area (Å²) in [4.78, 5) is 12.6. The van der Waals surface area contributed by atoms with E-state index in [0.717, 1.165) is 18.1 Å². The molecular weight excluding hydrogens is 388 g/mol. The summed E-state index contributed by atoms with van der Waals surface area (Å²) in [6.45, 7) is 6.10. The molecule has 0 spiro atoms. The zero-order valence-corrected chi connectivity index (χ0v) is 17.4. The van der Waals surface area contributed by atoms with E-state index in [-0.39, 0.29) is 12.2 Å². The van der Waals surface area contributed by atoms with E-state index in [0.29, 0.717) is 17.0 Å². The first-order valence-corrected chi connectivity index (χ1v) is 9.56. The highest BCUT2D eigenvalue weighted by molar-refractivity contribution is 5.63. The van der Waals surface area contributed by atoms with Crippen molar-refractivity contribution in [2.75, 3.05) is 0 Å². The number of nitrogens with zero attached hydrogens (tertiary/aromatic N) is 3. The highest BCUT2D eigenvalue weighted by Crippen LogP contribution is 2.44. The molecule has 0 fully saturated rings. The van der Waals surface area contributed by atoms with Crippen LogP contribution in [0.25, 0.3) is 11.1 Å². The molecule has 2 heterocycles. The summed E-state index contributed by atoms with van der Waals surface area (Å²) in [5.74, 6) is -2.90. The monoisotopic (exact) mass is 413 g/mol. The van der Waals surface area contributed by atoms with Gasteiger partial charge in [0, 0.05) is 41.4 Å². The van der Waals surface area contributed by atoms with Crippen LogP contribution in [0.2, 0.25) is 0 Å². The summed E-state index contributed by atoms with van der Waals surface area (Å²) in [7, 11) is 0. The number of rotatable bonds is 5. The van der Waals surface area contributed by atoms with Crippen molar-refractivity contribution >= 4 is 0 Å². The molecule has 1 unspecified atom stereocenters. The number of hydrogen-bond donors (Lipinski definition) is 2. The van der Waals surface area contributed by atoms with Crippen LogP contribution in [-0.2, 0) is 18.1 Å². The Balaban J connectivity index is 2.04. The first-order chi connectivity index (χ1) is 14.0. The molecule has 2 aromatic heterocycles. The van der Waals surface area contributed by atoms with Crippen LogP contribution in [0.4, 0.5) is 8.78 Å². The van der Waals surface area contributed by atoms with Crippen molar-refractivity contribution in [1.29, 1.82) is 0 Å². The molecule has 30 heavy (non-hydrogen) atoms. The quantitative estimate of drug-likeness (QED) is 0.647. The minimum Gasteiger partial charge on any atom is -0.390 e. The average Bonchev–Trinajstić information content (AvgIpc) is 2.72. The van der Waals surface area contributed by atoms with Crippen molar-refractivity contribution in [3.05, 3.63) is 77.6 Å². The highest BCUT2D eigenvalue weighted by Gasteiger charge is 2.46. The predicted octanol–water partition coefficient (Wildman–Crippen LogP) is 4.42. The number of aliphatic hydroxyl groups is 2. The SMILES string of the molecule is CC(F)(F)c1ccc(-c2ccc(C(O)(c3cncnc3CO)C(C)(C)C)nc2)cc1. The van der Waals surface area contributed by atoms with Gasteiger partial charge >= 0.3 is 0 Å². The highest BCUT2D eigenvalue weighted by atomic mass is 19.3. The summed E-state index contributed by atoms with van der Waals surface area (Å²) in [5, 5.41) is 21.4. The van der Waals surface area contributed by atoms with Gasteiger partial charge in [-0.05, 0) is 11.6 Å². The number of aromatic nitrogens is 3. The number of benzene rings is 1. The molecule has 7 heteroatoms. The van der Waals surface area contributed by atoms with Gasteiger partial charge in [-0.25, -0.2) is 18.7 Å². The second kappa shape index (κ2) is 7.81. The largest absolute Gasteiger partial charge is 0.390 e. The summed E-state index contributed by atoms with van der Waals surface area (Å²) in [6.07, 6.45) is 4.40. The van der Waals surface area contributed by atoms with Crippen LogP contribution >= 0.6 is 0 Å². The van der Waals surface area contributed by atoms with Gasteiger partial charge in [0.25, 0.3) is 5.92 Å². The van der Waals surface area contributed by atoms with Gasteiger partial charge in [-0.15, -0.1) is 0 Å². The maximum Gasteiger partial charge on any atom is 0.270 e. The third-order valence-electron chi connectivity index (χ3n) is 5.28. The van der Waals surface area contributed by atoms with Crippen molar-refractivity contribution in [2.45, 2.75) is 45.8 Å². The minimum absolute atomic E-state index is 0.0569. The normalized spacial score (nSPS) is 14.4. The lowest BCUT2D eigenvalue weighted by Crippen LogP contribution is -2.43. The number of pyridine rings is 1. The second-order valence-corrected chi connectivity index (χ2v) is 8.40. The van der Waals surface area contributed by atoms with Crippen LogP contribution in [0.15, 0.2) is 55.1 Å². The Kier molecular flexibility index (Phi) is 5.71. The van der Waals surface area contributed by atoms with Gasteiger partial charge in [0.15, 0.2) is 0 Å². The number of aliphatic hydroxyl groups excluding tert-OH is 1. The Labute approximate surface area is 174 Å². The van der Waals surface area contributed by atoms with E-state index in [1.807, 2.05) is 20.8 Å². The van der Waals surface area contributed by atoms with E-state index in [1.54, 1.807) is 30.5 Å². The van der Waals surface area contributed by atoms with Gasteiger partial charge in [0.05, 0.1) is 18.0 Å². The topological polar surface area (TPSA) is 79.1 Å². The van der Waals surface area contributed by atoms with E-state index in [4.69, 9.17) is 0 Å². The Bertz CT molecular complexity index is 1010. The number of alkyl halides is 2. The summed E-state index contributed by atoms with van der Waals surface area (Å²) >= 11 is 0. The molecule has 0 saturated carbocycles. The fourth-order valence-corrected chi connectivity index (χ4v) is 3.44. The van der Waals surface area contributed by atoms with E-state index in [1.165, 1.54) is 24.7 Å². The Hall–Kier alpha value is -2.77. The van der Waals surface area contributed by atoms with Crippen LogP contribution in [0, 0.1) is 5.41 Å². The molecule has 3 aromatic rings. The molecule has 0 aliphatic heterocycles. The third-order valence-corrected chi connectivity index (χ3v) is 5.28. The van der Waals surface area contributed by atoms with Gasteiger partial charge in [-0.3, -0.25) is 4.98 Å². The molecule has 5 nitrogen and oxygen atoms in total. The van der Waals surface area contributed by atoms with Crippen LogP contribution in [-0.4, -0.2) is 25.2 Å². The fourth-order valence-electron chi connectivity index (χ4n) is 3.44. The molecule has 158 valence electrons. The molecule has 0 bridgehead atoms. The lowest BCUT2D eigenvalue weighted by atomic mass is 9.70. The molecule has 0 aliphatic carbocycles. The predicted molar refractivity (Wildman–Crippen MR) is 110 cm³/mol. The van der Waals surface area contributed by atoms with Crippen molar-refractivity contribution < 1.29 is 19.0 Å². The average molecular weight is 413 g/mol. The molecular formula is C23H25F2N3O2. The molecule has 2 N–H and O–H groups in total. The molecule has 0 saturated heterocycles. The van der Waals surface area contributed by atoms with Gasteiger partial charge in [-0.2, -0.15) is 0 Å². The minimum atomic E-state index is -2.90. The van der Waals surface area contributed by atoms with Crippen molar-refractivity contribution in [2.24, 2.45) is 5.41 Å². The molecule has 1 aromatic carbocycles. The van der Waals surface area contributed by atoms with Crippen LogP contribution in [0.5, 0.6) is 0 Å². The smallest absolute Gasteiger partial charge is 0.270 e. The summed E-state index contributed by atoms with van der Waals surface area (Å²) in [5.41, 5.74) is 0.245. The Morgan fingerprint density at radius 2 is 1.50 bits per heavy atom. The molecule has 0 amide bonds. The molecule has 1 atom stereocenters. The third kappa shape index (κ3) is 3.95. The van der Waals surface area contributed by atoms with Gasteiger partial charge in [0.1, 0.15) is 11.9 Å². The lowest BCUT2D eigenvalue weighted by molar-refractivity contribution is -0.0317. The second-order valence-electron chi connectivity index (χ2n) is 8.40. The van der Waals surface area contributed by atoms with Crippen LogP contribution in [0.1, 0.15) is 50.2 Å². The van der Waals surface area contributed by atoms with Crippen LogP contribution in [0.3, 0.4) is 0 Å². The van der Waals surface area contributed by atoms with E-state index in [9.17, 15) is 19.0 Å². The van der Waals surface area contributed by atoms with E-state index >= 15 is 0 Å². The number of halogens is 2. The summed E-state index contributed by atoms with van der Waals surface area (Å²) < 4.78 is 26.9. The molecule has 0 radical (unpaired) electrons. The standard InChI is InChI=1S/C23H25F2N3O2/c1-21(2,3)23(30,18-12-26-14-28-19(18)13-29)20-10-7-16(11-27-20)15-5-8-17(9-6-15)22(4,24)25/h5-12,14,29-30H,13H2,1-4H3.